The average Bonchev–Trinajstić information content (AvgIpc) is 3.40. The zero-order valence-corrected chi connectivity index (χ0v) is 45.6. The first kappa shape index (κ1) is 71.8. The third-order valence-electron chi connectivity index (χ3n) is 11.1. The van der Waals surface area contributed by atoms with E-state index in [1.54, 1.807) is 57.7 Å². The van der Waals surface area contributed by atoms with Crippen molar-refractivity contribution in [2.24, 2.45) is 0 Å². The van der Waals surface area contributed by atoms with E-state index in [2.05, 4.69) is 122 Å². The molecule has 0 bridgehead atoms. The van der Waals surface area contributed by atoms with E-state index >= 15 is 0 Å². The standard InChI is InChI=1S/C19H24O2.C18H22O2.C9H10O2.C8H8O2.2C4H8O2.2CH4/c1-19(2,17-9-5-15(6-10-17)13-20-3)18-11-7-16(8-12-18)14-21-4;1-18(2,16-8-4-14(12-19)5-9-16)17-10-6-15(7-11-17)13-20-3;1-11-7-9(10)8-5-3-2-4-6-8;9-6-8(10)7-4-2-1-3-5-7;2*1-4(5)3-6-2;;/h5-12H,13-14H2,1-4H3;4-11,19H,12-13H2,1-3H3;2-6H,7H2,1H3;1-5,9H,6H2;2*3H2,1-2H3;2*1H4. The number of hydrogen-bond donors (Lipinski definition) is 2. The van der Waals surface area contributed by atoms with Crippen LogP contribution in [0.2, 0.25) is 0 Å². The lowest BCUT2D eigenvalue weighted by Gasteiger charge is -2.26. The lowest BCUT2D eigenvalue weighted by molar-refractivity contribution is -0.121. The maximum Gasteiger partial charge on any atom is 0.188 e. The van der Waals surface area contributed by atoms with Crippen molar-refractivity contribution >= 4 is 23.1 Å². The summed E-state index contributed by atoms with van der Waals surface area (Å²) in [5, 5.41) is 17.6. The molecule has 12 nitrogen and oxygen atoms in total. The van der Waals surface area contributed by atoms with Crippen molar-refractivity contribution < 1.29 is 57.8 Å². The van der Waals surface area contributed by atoms with E-state index in [9.17, 15) is 19.2 Å². The first-order chi connectivity index (χ1) is 35.4. The maximum absolute atomic E-state index is 11.1. The van der Waals surface area contributed by atoms with E-state index < -0.39 is 6.61 Å². The Morgan fingerprint density at radius 3 is 0.842 bits per heavy atom. The highest BCUT2D eigenvalue weighted by molar-refractivity contribution is 5.97. The SMILES string of the molecule is C.C.COCC(=O)c1ccccc1.COCC(C)=O.COCC(C)=O.COCc1ccc(C(C)(C)c2ccc(CO)cc2)cc1.COCc1ccc(C(C)(C)c2ccc(COC)cc2)cc1.O=C(CO)c1ccccc1. The summed E-state index contributed by atoms with van der Waals surface area (Å²) in [6.45, 7) is 14.2. The van der Waals surface area contributed by atoms with Crippen molar-refractivity contribution in [2.75, 3.05) is 69.1 Å². The van der Waals surface area contributed by atoms with Gasteiger partial charge in [0.05, 0.1) is 26.4 Å². The van der Waals surface area contributed by atoms with Gasteiger partial charge in [0.1, 0.15) is 26.4 Å². The zero-order chi connectivity index (χ0) is 55.4. The second-order valence-corrected chi connectivity index (χ2v) is 17.9. The Kier molecular flexibility index (Phi) is 38.6. The fourth-order valence-electron chi connectivity index (χ4n) is 6.87. The highest BCUT2D eigenvalue weighted by atomic mass is 16.5. The molecule has 0 radical (unpaired) electrons. The van der Waals surface area contributed by atoms with Gasteiger partial charge in [0, 0.05) is 64.6 Å². The minimum Gasteiger partial charge on any atom is -0.392 e. The predicted molar refractivity (Wildman–Crippen MR) is 307 cm³/mol. The van der Waals surface area contributed by atoms with Crippen molar-refractivity contribution in [1.82, 2.24) is 0 Å². The fraction of sp³-hybridized carbons (Fsp3) is 0.375. The number of carbonyl (C=O) groups excluding carboxylic acids is 4. The molecule has 0 unspecified atom stereocenters. The molecule has 0 aliphatic heterocycles. The van der Waals surface area contributed by atoms with Gasteiger partial charge in [0.15, 0.2) is 23.1 Å². The number of carbonyl (C=O) groups is 4. The molecule has 6 aromatic rings. The van der Waals surface area contributed by atoms with E-state index in [0.29, 0.717) is 30.9 Å². The summed E-state index contributed by atoms with van der Waals surface area (Å²) in [6.07, 6.45) is 0. The smallest absolute Gasteiger partial charge is 0.188 e. The quantitative estimate of drug-likeness (QED) is 0.0697. The van der Waals surface area contributed by atoms with Crippen LogP contribution in [0.25, 0.3) is 0 Å². The minimum absolute atomic E-state index is 0. The average molecular weight is 1050 g/mol. The third-order valence-corrected chi connectivity index (χ3v) is 11.1. The van der Waals surface area contributed by atoms with Crippen LogP contribution in [0.5, 0.6) is 0 Å². The van der Waals surface area contributed by atoms with Gasteiger partial charge in [-0.25, -0.2) is 0 Å². The molecule has 0 heterocycles. The molecule has 0 aliphatic rings. The molecule has 6 aromatic carbocycles. The molecular weight excluding hydrogens is 961 g/mol. The highest BCUT2D eigenvalue weighted by Gasteiger charge is 2.24. The van der Waals surface area contributed by atoms with Gasteiger partial charge >= 0.3 is 0 Å². The summed E-state index contributed by atoms with van der Waals surface area (Å²) in [5.41, 5.74) is 10.9. The highest BCUT2D eigenvalue weighted by Crippen LogP contribution is 2.33. The first-order valence-corrected chi connectivity index (χ1v) is 24.1. The summed E-state index contributed by atoms with van der Waals surface area (Å²) >= 11 is 0. The Hall–Kier alpha value is -6.32. The van der Waals surface area contributed by atoms with Gasteiger partial charge in [0.2, 0.25) is 0 Å². The lowest BCUT2D eigenvalue weighted by atomic mass is 9.78. The van der Waals surface area contributed by atoms with Crippen LogP contribution in [0.3, 0.4) is 0 Å². The number of ketones is 4. The van der Waals surface area contributed by atoms with Crippen LogP contribution >= 0.6 is 0 Å². The maximum atomic E-state index is 11.1. The molecule has 2 N–H and O–H groups in total. The normalized spacial score (nSPS) is 10.2. The second-order valence-electron chi connectivity index (χ2n) is 17.9. The van der Waals surface area contributed by atoms with Gasteiger partial charge in [0.25, 0.3) is 0 Å². The summed E-state index contributed by atoms with van der Waals surface area (Å²) in [4.78, 5) is 41.7. The van der Waals surface area contributed by atoms with Crippen molar-refractivity contribution in [3.05, 3.63) is 213 Å². The van der Waals surface area contributed by atoms with E-state index in [-0.39, 0.29) is 75.2 Å². The molecule has 0 amide bonds. The van der Waals surface area contributed by atoms with Crippen LogP contribution in [0, 0.1) is 0 Å². The topological polar surface area (TPSA) is 164 Å². The van der Waals surface area contributed by atoms with Gasteiger partial charge < -0.3 is 38.6 Å². The summed E-state index contributed by atoms with van der Waals surface area (Å²) < 4.78 is 29.1. The number of aliphatic hydroxyl groups is 2. The van der Waals surface area contributed by atoms with Crippen molar-refractivity contribution in [3.8, 4) is 0 Å². The number of aliphatic hydroxyl groups excluding tert-OH is 2. The van der Waals surface area contributed by atoms with E-state index in [1.165, 1.54) is 74.1 Å². The minimum atomic E-state index is -0.413. The van der Waals surface area contributed by atoms with Gasteiger partial charge in [-0.1, -0.05) is 200 Å². The summed E-state index contributed by atoms with van der Waals surface area (Å²) in [7, 11) is 9.67. The van der Waals surface area contributed by atoms with E-state index in [0.717, 1.165) is 5.56 Å². The van der Waals surface area contributed by atoms with E-state index in [4.69, 9.17) is 29.2 Å². The van der Waals surface area contributed by atoms with Gasteiger partial charge in [-0.05, 0) is 58.4 Å². The zero-order valence-electron chi connectivity index (χ0n) is 45.6. The Morgan fingerprint density at radius 2 is 0.632 bits per heavy atom. The van der Waals surface area contributed by atoms with Crippen molar-refractivity contribution in [3.63, 3.8) is 0 Å². The molecule has 0 atom stereocenters. The Balaban J connectivity index is 0. The van der Waals surface area contributed by atoms with Gasteiger partial charge in [-0.3, -0.25) is 19.2 Å². The number of rotatable bonds is 20. The molecule has 0 fully saturated rings. The Labute approximate surface area is 455 Å². The summed E-state index contributed by atoms with van der Waals surface area (Å²) in [6, 6.07) is 51.8. The van der Waals surface area contributed by atoms with Crippen LogP contribution in [0.15, 0.2) is 158 Å². The monoisotopic (exact) mass is 1050 g/mol. The Bertz CT molecular complexity index is 2360. The number of hydrogen-bond acceptors (Lipinski definition) is 12. The van der Waals surface area contributed by atoms with Crippen LogP contribution < -0.4 is 0 Å². The molecular formula is C64H88O12. The fourth-order valence-corrected chi connectivity index (χ4v) is 6.87. The lowest BCUT2D eigenvalue weighted by Crippen LogP contribution is -2.18. The largest absolute Gasteiger partial charge is 0.392 e. The molecule has 76 heavy (non-hydrogen) atoms. The number of benzene rings is 6. The number of methoxy groups -OCH3 is 6. The molecule has 0 spiro atoms. The van der Waals surface area contributed by atoms with Crippen LogP contribution in [0.4, 0.5) is 0 Å². The third kappa shape index (κ3) is 28.0. The Morgan fingerprint density at radius 1 is 0.368 bits per heavy atom. The first-order valence-electron chi connectivity index (χ1n) is 24.1. The van der Waals surface area contributed by atoms with Crippen molar-refractivity contribution in [2.45, 2.75) is 93.7 Å². The molecule has 0 aromatic heterocycles. The van der Waals surface area contributed by atoms with Gasteiger partial charge in [-0.2, -0.15) is 0 Å². The molecule has 12 heteroatoms. The number of Topliss-reactive ketones (excluding diaryl/α,β-unsaturated/α-hetero) is 4. The van der Waals surface area contributed by atoms with Crippen molar-refractivity contribution in [1.29, 1.82) is 0 Å². The molecule has 0 saturated heterocycles. The van der Waals surface area contributed by atoms with Crippen LogP contribution in [0.1, 0.15) is 122 Å². The predicted octanol–water partition coefficient (Wildman–Crippen LogP) is 12.0. The number of ether oxygens (including phenoxy) is 6. The van der Waals surface area contributed by atoms with Crippen LogP contribution in [-0.4, -0.2) is 102 Å². The molecule has 0 aliphatic carbocycles. The molecule has 416 valence electrons. The van der Waals surface area contributed by atoms with Crippen LogP contribution in [-0.2, 0) is 75.3 Å². The van der Waals surface area contributed by atoms with E-state index in [1.807, 2.05) is 36.4 Å². The van der Waals surface area contributed by atoms with Gasteiger partial charge in [-0.15, -0.1) is 0 Å². The molecule has 0 saturated carbocycles. The second kappa shape index (κ2) is 40.9. The summed E-state index contributed by atoms with van der Waals surface area (Å²) in [5.74, 6) is -0.0799. The molecule has 6 rings (SSSR count).